The summed E-state index contributed by atoms with van der Waals surface area (Å²) in [5, 5.41) is 2.40. The van der Waals surface area contributed by atoms with Gasteiger partial charge in [0.25, 0.3) is 11.8 Å². The van der Waals surface area contributed by atoms with Gasteiger partial charge < -0.3 is 19.4 Å². The minimum Gasteiger partial charge on any atom is -0.451 e. The largest absolute Gasteiger partial charge is 0.451 e. The number of nitrogens with zero attached hydrogens (tertiary/aromatic N) is 1. The normalized spacial score (nSPS) is 14.2. The molecule has 0 aliphatic carbocycles. The van der Waals surface area contributed by atoms with Crippen LogP contribution >= 0.6 is 15.9 Å². The van der Waals surface area contributed by atoms with Crippen molar-refractivity contribution in [2.75, 3.05) is 13.1 Å². The summed E-state index contributed by atoms with van der Waals surface area (Å²) in [6.45, 7) is 2.27. The first-order valence-corrected chi connectivity index (χ1v) is 9.32. The van der Waals surface area contributed by atoms with E-state index < -0.39 is 18.0 Å². The molecule has 0 bridgehead atoms. The van der Waals surface area contributed by atoms with Gasteiger partial charge >= 0.3 is 5.97 Å². The molecule has 1 aliphatic rings. The number of benzene rings is 1. The average Bonchev–Trinajstić information content (AvgIpc) is 3.11. The molecule has 1 aliphatic heterocycles. The molecule has 1 N–H and O–H groups in total. The van der Waals surface area contributed by atoms with Gasteiger partial charge in [0.15, 0.2) is 16.5 Å². The Morgan fingerprint density at radius 1 is 1.22 bits per heavy atom. The number of amides is 2. The highest BCUT2D eigenvalue weighted by Crippen LogP contribution is 2.19. The maximum atomic E-state index is 12.5. The summed E-state index contributed by atoms with van der Waals surface area (Å²) < 4.78 is 10.7. The fraction of sp³-hybridized carbons (Fsp3) is 0.316. The molecule has 142 valence electrons. The highest BCUT2D eigenvalue weighted by Gasteiger charge is 2.27. The molecular weight excluding hydrogens is 416 g/mol. The molecule has 1 atom stereocenters. The number of esters is 1. The van der Waals surface area contributed by atoms with Gasteiger partial charge in [0.05, 0.1) is 0 Å². The molecule has 1 aromatic heterocycles. The zero-order valence-electron chi connectivity index (χ0n) is 14.7. The molecule has 0 fully saturated rings. The number of nitrogens with one attached hydrogen (secondary N) is 1. The van der Waals surface area contributed by atoms with Crippen molar-refractivity contribution in [2.24, 2.45) is 0 Å². The summed E-state index contributed by atoms with van der Waals surface area (Å²) in [4.78, 5) is 38.0. The number of rotatable bonds is 5. The molecule has 0 saturated heterocycles. The zero-order valence-corrected chi connectivity index (χ0v) is 16.3. The molecule has 27 heavy (non-hydrogen) atoms. The number of ether oxygens (including phenoxy) is 1. The second kappa shape index (κ2) is 8.39. The fourth-order valence-electron chi connectivity index (χ4n) is 2.91. The van der Waals surface area contributed by atoms with Gasteiger partial charge in [-0.3, -0.25) is 14.4 Å². The molecule has 0 saturated carbocycles. The minimum absolute atomic E-state index is 0.0748. The Balaban J connectivity index is 1.48. The number of hydrogen-bond donors (Lipinski definition) is 1. The molecule has 2 amide bonds. The minimum atomic E-state index is -0.919. The van der Waals surface area contributed by atoms with Crippen molar-refractivity contribution in [1.82, 2.24) is 10.2 Å². The van der Waals surface area contributed by atoms with Crippen LogP contribution in [0.2, 0.25) is 0 Å². The number of halogens is 1. The molecule has 0 spiro atoms. The summed E-state index contributed by atoms with van der Waals surface area (Å²) in [5.74, 6) is -1.40. The molecule has 3 rings (SSSR count). The van der Waals surface area contributed by atoms with Crippen LogP contribution in [0.25, 0.3) is 0 Å². The van der Waals surface area contributed by atoms with Gasteiger partial charge in [0.2, 0.25) is 0 Å². The lowest BCUT2D eigenvalue weighted by molar-refractivity contribution is -0.158. The lowest BCUT2D eigenvalue weighted by atomic mass is 9.99. The lowest BCUT2D eigenvalue weighted by Crippen LogP contribution is -2.43. The van der Waals surface area contributed by atoms with Gasteiger partial charge in [0, 0.05) is 13.1 Å². The van der Waals surface area contributed by atoms with E-state index in [9.17, 15) is 14.4 Å². The molecule has 1 aromatic carbocycles. The Hall–Kier alpha value is -2.61. The van der Waals surface area contributed by atoms with Crippen LogP contribution in [0.5, 0.6) is 0 Å². The van der Waals surface area contributed by atoms with Crippen molar-refractivity contribution >= 4 is 33.7 Å². The van der Waals surface area contributed by atoms with Crippen LogP contribution in [-0.2, 0) is 27.3 Å². The van der Waals surface area contributed by atoms with E-state index in [4.69, 9.17) is 9.15 Å². The standard InChI is InChI=1S/C19H19BrN2O5/c1-12(19(25)22-9-8-13-4-2-3-5-14(13)11-22)26-17(23)10-21-18(24)15-6-7-16(20)27-15/h2-7,12H,8-11H2,1H3,(H,21,24)/t12-/m1/s1. The van der Waals surface area contributed by atoms with E-state index >= 15 is 0 Å². The molecular formula is C19H19BrN2O5. The van der Waals surface area contributed by atoms with E-state index in [2.05, 4.69) is 27.3 Å². The quantitative estimate of drug-likeness (QED) is 0.729. The molecule has 0 radical (unpaired) electrons. The van der Waals surface area contributed by atoms with E-state index in [0.717, 1.165) is 12.0 Å². The Bertz CT molecular complexity index is 863. The van der Waals surface area contributed by atoms with Crippen LogP contribution in [0.4, 0.5) is 0 Å². The predicted molar refractivity (Wildman–Crippen MR) is 99.9 cm³/mol. The van der Waals surface area contributed by atoms with Crippen LogP contribution in [-0.4, -0.2) is 41.9 Å². The van der Waals surface area contributed by atoms with E-state index in [-0.39, 0.29) is 18.2 Å². The summed E-state index contributed by atoms with van der Waals surface area (Å²) >= 11 is 3.10. The second-order valence-corrected chi connectivity index (χ2v) is 6.98. The molecule has 0 unspecified atom stereocenters. The van der Waals surface area contributed by atoms with E-state index in [1.54, 1.807) is 11.0 Å². The fourth-order valence-corrected chi connectivity index (χ4v) is 3.21. The highest BCUT2D eigenvalue weighted by atomic mass is 79.9. The molecule has 7 nitrogen and oxygen atoms in total. The van der Waals surface area contributed by atoms with Gasteiger partial charge in [-0.05, 0) is 52.5 Å². The number of hydrogen-bond acceptors (Lipinski definition) is 5. The summed E-state index contributed by atoms with van der Waals surface area (Å²) in [6, 6.07) is 11.0. The summed E-state index contributed by atoms with van der Waals surface area (Å²) in [7, 11) is 0. The van der Waals surface area contributed by atoms with Gasteiger partial charge in [-0.1, -0.05) is 24.3 Å². The first-order valence-electron chi connectivity index (χ1n) is 8.52. The van der Waals surface area contributed by atoms with Crippen molar-refractivity contribution in [3.8, 4) is 0 Å². The van der Waals surface area contributed by atoms with E-state index in [1.807, 2.05) is 18.2 Å². The number of furan rings is 1. The maximum absolute atomic E-state index is 12.5. The van der Waals surface area contributed by atoms with E-state index in [0.29, 0.717) is 17.8 Å². The van der Waals surface area contributed by atoms with Gasteiger partial charge in [0.1, 0.15) is 6.54 Å². The predicted octanol–water partition coefficient (Wildman–Crippen LogP) is 2.29. The van der Waals surface area contributed by atoms with Crippen LogP contribution in [0, 0.1) is 0 Å². The Morgan fingerprint density at radius 3 is 2.67 bits per heavy atom. The smallest absolute Gasteiger partial charge is 0.326 e. The third kappa shape index (κ3) is 4.77. The van der Waals surface area contributed by atoms with Crippen LogP contribution in [0.15, 0.2) is 45.5 Å². The topological polar surface area (TPSA) is 88.8 Å². The van der Waals surface area contributed by atoms with Crippen molar-refractivity contribution < 1.29 is 23.5 Å². The molecule has 8 heteroatoms. The number of carbonyl (C=O) groups is 3. The highest BCUT2D eigenvalue weighted by molar-refractivity contribution is 9.10. The first-order chi connectivity index (χ1) is 12.9. The van der Waals surface area contributed by atoms with Gasteiger partial charge in [-0.25, -0.2) is 0 Å². The second-order valence-electron chi connectivity index (χ2n) is 6.20. The van der Waals surface area contributed by atoms with Crippen molar-refractivity contribution in [3.05, 3.63) is 58.0 Å². The van der Waals surface area contributed by atoms with Crippen LogP contribution in [0.3, 0.4) is 0 Å². The van der Waals surface area contributed by atoms with Gasteiger partial charge in [-0.2, -0.15) is 0 Å². The average molecular weight is 435 g/mol. The number of carbonyl (C=O) groups excluding carboxylic acids is 3. The van der Waals surface area contributed by atoms with Crippen molar-refractivity contribution in [3.63, 3.8) is 0 Å². The molecule has 2 aromatic rings. The summed E-state index contributed by atoms with van der Waals surface area (Å²) in [6.07, 6.45) is -0.144. The third-order valence-corrected chi connectivity index (χ3v) is 4.71. The zero-order chi connectivity index (χ0) is 19.4. The monoisotopic (exact) mass is 434 g/mol. The van der Waals surface area contributed by atoms with Crippen LogP contribution < -0.4 is 5.32 Å². The first kappa shape index (κ1) is 19.2. The number of fused-ring (bicyclic) bond motifs is 1. The SMILES string of the molecule is C[C@@H](OC(=O)CNC(=O)c1ccc(Br)o1)C(=O)N1CCc2ccccc2C1. The van der Waals surface area contributed by atoms with Crippen molar-refractivity contribution in [1.29, 1.82) is 0 Å². The Kier molecular flexibility index (Phi) is 5.95. The Morgan fingerprint density at radius 2 is 1.96 bits per heavy atom. The van der Waals surface area contributed by atoms with E-state index in [1.165, 1.54) is 18.6 Å². The van der Waals surface area contributed by atoms with Crippen LogP contribution in [0.1, 0.15) is 28.6 Å². The van der Waals surface area contributed by atoms with Crippen molar-refractivity contribution in [2.45, 2.75) is 26.0 Å². The molecule has 2 heterocycles. The summed E-state index contributed by atoms with van der Waals surface area (Å²) in [5.41, 5.74) is 2.34. The van der Waals surface area contributed by atoms with Gasteiger partial charge in [-0.15, -0.1) is 0 Å². The maximum Gasteiger partial charge on any atom is 0.326 e. The Labute approximate surface area is 164 Å². The third-order valence-electron chi connectivity index (χ3n) is 4.29. The lowest BCUT2D eigenvalue weighted by Gasteiger charge is -2.30.